The van der Waals surface area contributed by atoms with Gasteiger partial charge in [-0.15, -0.1) is 0 Å². The van der Waals surface area contributed by atoms with Gasteiger partial charge in [-0.05, 0) is 128 Å². The summed E-state index contributed by atoms with van der Waals surface area (Å²) in [7, 11) is -4.40. The molecular formula is C65H102NO8P. The number of hydrogen-bond donors (Lipinski definition) is 2. The summed E-state index contributed by atoms with van der Waals surface area (Å²) in [5.41, 5.74) is 5.36. The fourth-order valence-electron chi connectivity index (χ4n) is 6.95. The number of phosphoric acid groups is 1. The van der Waals surface area contributed by atoms with Crippen LogP contribution in [-0.2, 0) is 32.7 Å². The largest absolute Gasteiger partial charge is 0.472 e. The second-order valence-corrected chi connectivity index (χ2v) is 19.5. The van der Waals surface area contributed by atoms with Crippen LogP contribution in [-0.4, -0.2) is 49.3 Å². The molecule has 0 aromatic rings. The molecule has 0 saturated carbocycles. The van der Waals surface area contributed by atoms with Gasteiger partial charge in [0, 0.05) is 19.4 Å². The number of carbonyl (C=O) groups excluding carboxylic acids is 2. The van der Waals surface area contributed by atoms with E-state index >= 15 is 0 Å². The molecule has 0 aromatic heterocycles. The maximum Gasteiger partial charge on any atom is 0.472 e. The van der Waals surface area contributed by atoms with E-state index in [0.717, 1.165) is 141 Å². The van der Waals surface area contributed by atoms with Gasteiger partial charge in [0.1, 0.15) is 6.61 Å². The lowest BCUT2D eigenvalue weighted by Gasteiger charge is -2.19. The number of carbonyl (C=O) groups is 2. The number of hydrogen-bond acceptors (Lipinski definition) is 8. The van der Waals surface area contributed by atoms with Crippen molar-refractivity contribution in [3.63, 3.8) is 0 Å². The lowest BCUT2D eigenvalue weighted by molar-refractivity contribution is -0.161. The molecule has 420 valence electrons. The van der Waals surface area contributed by atoms with E-state index in [1.54, 1.807) is 0 Å². The van der Waals surface area contributed by atoms with Crippen LogP contribution in [0.2, 0.25) is 0 Å². The second kappa shape index (κ2) is 58.6. The van der Waals surface area contributed by atoms with Gasteiger partial charge in [-0.25, -0.2) is 4.57 Å². The van der Waals surface area contributed by atoms with Crippen LogP contribution in [0.25, 0.3) is 0 Å². The quantitative estimate of drug-likeness (QED) is 0.0264. The molecule has 0 spiro atoms. The molecule has 0 heterocycles. The van der Waals surface area contributed by atoms with Gasteiger partial charge in [0.05, 0.1) is 13.2 Å². The number of unbranched alkanes of at least 4 members (excludes halogenated alkanes) is 10. The standard InChI is InChI=1S/C65H102NO8P/c1-3-5-7-9-11-13-15-17-18-19-20-21-22-23-24-25-26-27-28-29-30-31-32-33-34-35-36-37-38-39-40-41-42-43-44-46-48-50-52-54-56-58-65(68)74-63(62-73-75(69,70)72-60-59-66)61-71-64(67)57-55-53-51-49-47-45-16-14-12-10-8-6-4-2/h5-8,11-14,17-18,20-21,23-24,26-27,29-30,32-33,35-36,38-39,41-42,45,47,63H,3-4,9-10,15-16,19,22,25,28,31,34,37,40,43-44,46,48-62,66H2,1-2H3,(H,69,70)/b7-5-,8-6-,13-11-,14-12-,18-17-,21-20-,24-23-,27-26-,30-29-,33-32-,36-35-,39-38-,42-41-,47-45-. The van der Waals surface area contributed by atoms with Crippen LogP contribution < -0.4 is 5.73 Å². The average Bonchev–Trinajstić information content (AvgIpc) is 3.40. The Morgan fingerprint density at radius 3 is 1.04 bits per heavy atom. The van der Waals surface area contributed by atoms with Crippen LogP contribution in [0.1, 0.15) is 194 Å². The van der Waals surface area contributed by atoms with Gasteiger partial charge in [0.2, 0.25) is 0 Å². The lowest BCUT2D eigenvalue weighted by Crippen LogP contribution is -2.29. The van der Waals surface area contributed by atoms with Gasteiger partial charge < -0.3 is 20.1 Å². The third-order valence-electron chi connectivity index (χ3n) is 11.1. The zero-order valence-corrected chi connectivity index (χ0v) is 47.6. The fourth-order valence-corrected chi connectivity index (χ4v) is 7.71. The molecule has 0 bridgehead atoms. The van der Waals surface area contributed by atoms with E-state index in [0.29, 0.717) is 12.8 Å². The predicted octanol–water partition coefficient (Wildman–Crippen LogP) is 18.3. The maximum absolute atomic E-state index is 12.7. The number of ether oxygens (including phenoxy) is 2. The highest BCUT2D eigenvalue weighted by Gasteiger charge is 2.26. The van der Waals surface area contributed by atoms with Crippen molar-refractivity contribution in [1.82, 2.24) is 0 Å². The molecule has 2 unspecified atom stereocenters. The fraction of sp³-hybridized carbons (Fsp3) is 0.538. The SMILES string of the molecule is CC/C=C\C/C=C\C/C=C\C/C=C\C/C=C\C/C=C\C/C=C\C/C=C\C/C=C\C/C=C\C/C=C\CCCCCCCCCC(=O)OC(COC(=O)CCCCC/C=C\C/C=C\C/C=C\CC)COP(=O)(O)OCCN. The summed E-state index contributed by atoms with van der Waals surface area (Å²) in [5, 5.41) is 0. The molecule has 3 N–H and O–H groups in total. The van der Waals surface area contributed by atoms with Crippen LogP contribution >= 0.6 is 7.82 Å². The highest BCUT2D eigenvalue weighted by atomic mass is 31.2. The molecule has 0 aliphatic rings. The van der Waals surface area contributed by atoms with Crippen molar-refractivity contribution in [2.45, 2.75) is 200 Å². The Balaban J connectivity index is 4.02. The van der Waals surface area contributed by atoms with Crippen LogP contribution in [0.5, 0.6) is 0 Å². The molecule has 0 fully saturated rings. The Kier molecular flexibility index (Phi) is 55.0. The van der Waals surface area contributed by atoms with E-state index < -0.39 is 32.5 Å². The van der Waals surface area contributed by atoms with Crippen molar-refractivity contribution in [2.75, 3.05) is 26.4 Å². The van der Waals surface area contributed by atoms with Gasteiger partial charge in [-0.3, -0.25) is 18.6 Å². The molecule has 75 heavy (non-hydrogen) atoms. The highest BCUT2D eigenvalue weighted by molar-refractivity contribution is 7.47. The van der Waals surface area contributed by atoms with E-state index in [1.165, 1.54) is 12.8 Å². The average molecular weight is 1060 g/mol. The van der Waals surface area contributed by atoms with Crippen molar-refractivity contribution < 1.29 is 37.6 Å². The summed E-state index contributed by atoms with van der Waals surface area (Å²) < 4.78 is 32.9. The summed E-state index contributed by atoms with van der Waals surface area (Å²) in [6.45, 7) is 3.42. The first-order valence-electron chi connectivity index (χ1n) is 28.6. The molecule has 10 heteroatoms. The summed E-state index contributed by atoms with van der Waals surface area (Å²) >= 11 is 0. The van der Waals surface area contributed by atoms with Gasteiger partial charge >= 0.3 is 19.8 Å². The normalized spacial score (nSPS) is 14.3. The first-order valence-corrected chi connectivity index (χ1v) is 30.1. The first-order chi connectivity index (χ1) is 36.8. The van der Waals surface area contributed by atoms with E-state index in [9.17, 15) is 19.0 Å². The molecule has 9 nitrogen and oxygen atoms in total. The molecule has 0 aromatic carbocycles. The topological polar surface area (TPSA) is 134 Å². The van der Waals surface area contributed by atoms with E-state index in [2.05, 4.69) is 184 Å². The monoisotopic (exact) mass is 1060 g/mol. The van der Waals surface area contributed by atoms with Crippen molar-refractivity contribution in [3.8, 4) is 0 Å². The van der Waals surface area contributed by atoms with Crippen LogP contribution in [0, 0.1) is 0 Å². The minimum atomic E-state index is -4.40. The van der Waals surface area contributed by atoms with Crippen LogP contribution in [0.15, 0.2) is 170 Å². The van der Waals surface area contributed by atoms with Gasteiger partial charge in [-0.2, -0.15) is 0 Å². The van der Waals surface area contributed by atoms with Crippen molar-refractivity contribution in [3.05, 3.63) is 170 Å². The Bertz CT molecular complexity index is 1820. The smallest absolute Gasteiger partial charge is 0.462 e. The van der Waals surface area contributed by atoms with Gasteiger partial charge in [-0.1, -0.05) is 223 Å². The first kappa shape index (κ1) is 70.4. The Morgan fingerprint density at radius 2 is 0.693 bits per heavy atom. The lowest BCUT2D eigenvalue weighted by atomic mass is 10.1. The Labute approximate surface area is 457 Å². The minimum absolute atomic E-state index is 0.0382. The van der Waals surface area contributed by atoms with E-state index in [-0.39, 0.29) is 32.6 Å². The van der Waals surface area contributed by atoms with Gasteiger partial charge in [0.15, 0.2) is 6.10 Å². The third kappa shape index (κ3) is 58.5. The minimum Gasteiger partial charge on any atom is -0.462 e. The van der Waals surface area contributed by atoms with E-state index in [1.807, 2.05) is 0 Å². The predicted molar refractivity (Wildman–Crippen MR) is 320 cm³/mol. The van der Waals surface area contributed by atoms with Crippen molar-refractivity contribution in [2.24, 2.45) is 5.73 Å². The number of esters is 2. The van der Waals surface area contributed by atoms with E-state index in [4.69, 9.17) is 24.3 Å². The number of phosphoric ester groups is 1. The van der Waals surface area contributed by atoms with Crippen molar-refractivity contribution in [1.29, 1.82) is 0 Å². The molecular weight excluding hydrogens is 954 g/mol. The zero-order valence-electron chi connectivity index (χ0n) is 46.7. The summed E-state index contributed by atoms with van der Waals surface area (Å²) in [6, 6.07) is 0. The second-order valence-electron chi connectivity index (χ2n) is 18.0. The van der Waals surface area contributed by atoms with Crippen LogP contribution in [0.4, 0.5) is 0 Å². The molecule has 0 aliphatic carbocycles. The Hall–Kier alpha value is -4.63. The number of nitrogens with two attached hydrogens (primary N) is 1. The number of rotatable bonds is 51. The Morgan fingerprint density at radius 1 is 0.400 bits per heavy atom. The molecule has 0 rings (SSSR count). The summed E-state index contributed by atoms with van der Waals surface area (Å²) in [5.74, 6) is -0.891. The van der Waals surface area contributed by atoms with Gasteiger partial charge in [0.25, 0.3) is 0 Å². The summed E-state index contributed by atoms with van der Waals surface area (Å²) in [6.07, 6.45) is 87.1. The molecule has 0 amide bonds. The third-order valence-corrected chi connectivity index (χ3v) is 12.1. The number of allylic oxidation sites excluding steroid dienone is 28. The molecule has 0 aliphatic heterocycles. The highest BCUT2D eigenvalue weighted by Crippen LogP contribution is 2.43. The molecule has 0 radical (unpaired) electrons. The summed E-state index contributed by atoms with van der Waals surface area (Å²) in [4.78, 5) is 35.0. The van der Waals surface area contributed by atoms with Crippen molar-refractivity contribution >= 4 is 19.8 Å². The zero-order chi connectivity index (χ0) is 54.5. The van der Waals surface area contributed by atoms with Crippen LogP contribution in [0.3, 0.4) is 0 Å². The molecule has 2 atom stereocenters. The molecule has 0 saturated heterocycles. The maximum atomic E-state index is 12.7.